The number of pyridine rings is 1. The smallest absolute Gasteiger partial charge is 0.0591 e. The van der Waals surface area contributed by atoms with Gasteiger partial charge in [-0.3, -0.25) is 4.98 Å². The summed E-state index contributed by atoms with van der Waals surface area (Å²) in [5.74, 6) is 0. The maximum atomic E-state index is 5.38. The van der Waals surface area contributed by atoms with Crippen molar-refractivity contribution in [3.8, 4) is 0 Å². The van der Waals surface area contributed by atoms with Gasteiger partial charge in [0.25, 0.3) is 0 Å². The molecular formula is C16H20N2O. The highest BCUT2D eigenvalue weighted by Crippen LogP contribution is 2.20. The molecule has 0 aliphatic rings. The maximum absolute atomic E-state index is 5.38. The van der Waals surface area contributed by atoms with Crippen molar-refractivity contribution in [1.82, 2.24) is 10.3 Å². The lowest BCUT2D eigenvalue weighted by Crippen LogP contribution is -2.26. The molecule has 1 aromatic carbocycles. The summed E-state index contributed by atoms with van der Waals surface area (Å²) in [6.07, 6.45) is 3.66. The van der Waals surface area contributed by atoms with Gasteiger partial charge in [0.05, 0.1) is 12.6 Å². The zero-order chi connectivity index (χ0) is 13.3. The second-order valence-electron chi connectivity index (χ2n) is 4.28. The fraction of sp³-hybridized carbons (Fsp3) is 0.312. The van der Waals surface area contributed by atoms with Crippen LogP contribution < -0.4 is 5.32 Å². The third-order valence-electron chi connectivity index (χ3n) is 2.97. The Morgan fingerprint density at radius 1 is 1.05 bits per heavy atom. The highest BCUT2D eigenvalue weighted by molar-refractivity contribution is 5.30. The van der Waals surface area contributed by atoms with E-state index < -0.39 is 0 Å². The van der Waals surface area contributed by atoms with Gasteiger partial charge in [0, 0.05) is 25.5 Å². The molecule has 1 heterocycles. The van der Waals surface area contributed by atoms with Gasteiger partial charge in [-0.25, -0.2) is 0 Å². The van der Waals surface area contributed by atoms with E-state index in [0.29, 0.717) is 0 Å². The van der Waals surface area contributed by atoms with E-state index in [-0.39, 0.29) is 6.04 Å². The van der Waals surface area contributed by atoms with E-state index in [1.165, 1.54) is 11.1 Å². The molecule has 0 aliphatic heterocycles. The average Bonchev–Trinajstić information content (AvgIpc) is 2.49. The van der Waals surface area contributed by atoms with Crippen LogP contribution in [0.25, 0.3) is 0 Å². The topological polar surface area (TPSA) is 34.1 Å². The van der Waals surface area contributed by atoms with Crippen molar-refractivity contribution in [3.05, 3.63) is 66.0 Å². The van der Waals surface area contributed by atoms with Crippen LogP contribution >= 0.6 is 0 Å². The Balaban J connectivity index is 2.10. The molecule has 3 heteroatoms. The van der Waals surface area contributed by atoms with Crippen LogP contribution in [0.3, 0.4) is 0 Å². The largest absolute Gasteiger partial charge is 0.380 e. The number of hydrogen-bond acceptors (Lipinski definition) is 3. The molecule has 2 aromatic rings. The lowest BCUT2D eigenvalue weighted by Gasteiger charge is -2.19. The zero-order valence-electron chi connectivity index (χ0n) is 11.3. The van der Waals surface area contributed by atoms with Gasteiger partial charge in [-0.2, -0.15) is 0 Å². The predicted octanol–water partition coefficient (Wildman–Crippen LogP) is 2.80. The molecule has 1 unspecified atom stereocenters. The molecule has 100 valence electrons. The van der Waals surface area contributed by atoms with Gasteiger partial charge in [-0.15, -0.1) is 0 Å². The summed E-state index contributed by atoms with van der Waals surface area (Å²) in [6, 6.07) is 14.7. The normalized spacial score (nSPS) is 12.3. The minimum atomic E-state index is 0.185. The number of nitrogens with zero attached hydrogens (tertiary/aromatic N) is 1. The van der Waals surface area contributed by atoms with E-state index >= 15 is 0 Å². The zero-order valence-corrected chi connectivity index (χ0v) is 11.3. The molecule has 0 amide bonds. The minimum absolute atomic E-state index is 0.185. The second-order valence-corrected chi connectivity index (χ2v) is 4.28. The summed E-state index contributed by atoms with van der Waals surface area (Å²) in [5.41, 5.74) is 2.47. The summed E-state index contributed by atoms with van der Waals surface area (Å²) in [6.45, 7) is 4.32. The summed E-state index contributed by atoms with van der Waals surface area (Å²) in [5, 5.41) is 3.53. The van der Waals surface area contributed by atoms with Crippen molar-refractivity contribution in [3.63, 3.8) is 0 Å². The van der Waals surface area contributed by atoms with Gasteiger partial charge < -0.3 is 10.1 Å². The Kier molecular flexibility index (Phi) is 5.53. The van der Waals surface area contributed by atoms with E-state index in [4.69, 9.17) is 4.74 Å². The molecule has 1 aromatic heterocycles. The Morgan fingerprint density at radius 3 is 2.42 bits per heavy atom. The minimum Gasteiger partial charge on any atom is -0.380 e. The molecule has 0 bridgehead atoms. The fourth-order valence-electron chi connectivity index (χ4n) is 2.05. The molecule has 1 N–H and O–H groups in total. The maximum Gasteiger partial charge on any atom is 0.0591 e. The van der Waals surface area contributed by atoms with Crippen molar-refractivity contribution >= 4 is 0 Å². The second kappa shape index (κ2) is 7.67. The third-order valence-corrected chi connectivity index (χ3v) is 2.97. The van der Waals surface area contributed by atoms with Crippen LogP contribution in [0.5, 0.6) is 0 Å². The van der Waals surface area contributed by atoms with Gasteiger partial charge >= 0.3 is 0 Å². The van der Waals surface area contributed by atoms with Crippen LogP contribution in [0, 0.1) is 0 Å². The first-order chi connectivity index (χ1) is 9.42. The first-order valence-electron chi connectivity index (χ1n) is 6.68. The summed E-state index contributed by atoms with van der Waals surface area (Å²) in [4.78, 5) is 4.08. The monoisotopic (exact) mass is 256 g/mol. The van der Waals surface area contributed by atoms with E-state index in [0.717, 1.165) is 19.8 Å². The standard InChI is InChI=1S/C16H20N2O/c1-2-19-13-12-18-16(14-6-4-3-5-7-14)15-8-10-17-11-9-15/h3-11,16,18H,2,12-13H2,1H3. The number of nitrogens with one attached hydrogen (secondary N) is 1. The number of ether oxygens (including phenoxy) is 1. The molecule has 1 atom stereocenters. The van der Waals surface area contributed by atoms with Crippen molar-refractivity contribution in [2.24, 2.45) is 0 Å². The fourth-order valence-corrected chi connectivity index (χ4v) is 2.05. The molecule has 0 saturated heterocycles. The van der Waals surface area contributed by atoms with E-state index in [2.05, 4.69) is 34.6 Å². The Hall–Kier alpha value is -1.71. The van der Waals surface area contributed by atoms with Crippen molar-refractivity contribution in [2.45, 2.75) is 13.0 Å². The first-order valence-corrected chi connectivity index (χ1v) is 6.68. The summed E-state index contributed by atoms with van der Waals surface area (Å²) in [7, 11) is 0. The Bertz CT molecular complexity index is 419. The molecule has 0 fully saturated rings. The highest BCUT2D eigenvalue weighted by atomic mass is 16.5. The van der Waals surface area contributed by atoms with Crippen molar-refractivity contribution in [2.75, 3.05) is 19.8 Å². The van der Waals surface area contributed by atoms with Crippen molar-refractivity contribution in [1.29, 1.82) is 0 Å². The number of hydrogen-bond donors (Lipinski definition) is 1. The molecule has 0 spiro atoms. The van der Waals surface area contributed by atoms with Crippen molar-refractivity contribution < 1.29 is 4.74 Å². The number of aromatic nitrogens is 1. The predicted molar refractivity (Wildman–Crippen MR) is 77.0 cm³/mol. The lowest BCUT2D eigenvalue weighted by atomic mass is 10.00. The lowest BCUT2D eigenvalue weighted by molar-refractivity contribution is 0.148. The SMILES string of the molecule is CCOCCNC(c1ccccc1)c1ccncc1. The molecule has 0 aliphatic carbocycles. The van der Waals surface area contributed by atoms with Gasteiger partial charge in [-0.1, -0.05) is 30.3 Å². The van der Waals surface area contributed by atoms with Crippen LogP contribution in [0.1, 0.15) is 24.1 Å². The van der Waals surface area contributed by atoms with Crippen LogP contribution in [-0.2, 0) is 4.74 Å². The molecule has 0 saturated carbocycles. The molecule has 3 nitrogen and oxygen atoms in total. The molecule has 19 heavy (non-hydrogen) atoms. The summed E-state index contributed by atoms with van der Waals surface area (Å²) >= 11 is 0. The van der Waals surface area contributed by atoms with Crippen LogP contribution in [0.2, 0.25) is 0 Å². The van der Waals surface area contributed by atoms with Gasteiger partial charge in [0.2, 0.25) is 0 Å². The molecule has 0 radical (unpaired) electrons. The average molecular weight is 256 g/mol. The quantitative estimate of drug-likeness (QED) is 0.773. The van der Waals surface area contributed by atoms with E-state index in [9.17, 15) is 0 Å². The van der Waals surface area contributed by atoms with Gasteiger partial charge in [0.1, 0.15) is 0 Å². The highest BCUT2D eigenvalue weighted by Gasteiger charge is 2.12. The van der Waals surface area contributed by atoms with Crippen LogP contribution in [0.4, 0.5) is 0 Å². The number of benzene rings is 1. The van der Waals surface area contributed by atoms with E-state index in [1.807, 2.05) is 37.5 Å². The summed E-state index contributed by atoms with van der Waals surface area (Å²) < 4.78 is 5.38. The Morgan fingerprint density at radius 2 is 1.74 bits per heavy atom. The van der Waals surface area contributed by atoms with Crippen LogP contribution in [-0.4, -0.2) is 24.7 Å². The third kappa shape index (κ3) is 4.16. The van der Waals surface area contributed by atoms with Gasteiger partial charge in [-0.05, 0) is 30.2 Å². The van der Waals surface area contributed by atoms with Crippen LogP contribution in [0.15, 0.2) is 54.9 Å². The first kappa shape index (κ1) is 13.7. The Labute approximate surface area is 114 Å². The molecular weight excluding hydrogens is 236 g/mol. The van der Waals surface area contributed by atoms with Gasteiger partial charge in [0.15, 0.2) is 0 Å². The molecule has 2 rings (SSSR count). The van der Waals surface area contributed by atoms with E-state index in [1.54, 1.807) is 0 Å². The number of rotatable bonds is 7.